The van der Waals surface area contributed by atoms with Gasteiger partial charge in [0.2, 0.25) is 0 Å². The Kier molecular flexibility index (Phi) is 2.77. The van der Waals surface area contributed by atoms with E-state index in [2.05, 4.69) is 46.0 Å². The zero-order valence-corrected chi connectivity index (χ0v) is 8.39. The van der Waals surface area contributed by atoms with E-state index < -0.39 is 0 Å². The van der Waals surface area contributed by atoms with Gasteiger partial charge < -0.3 is 0 Å². The summed E-state index contributed by atoms with van der Waals surface area (Å²) in [5.41, 5.74) is 0. The molecule has 0 unspecified atom stereocenters. The first kappa shape index (κ1) is 7.33. The standard InChI is InChI=1S/C7H7BrSe/c1-9-7-4-2-6(8)3-5-7/h2-5H,1H3. The summed E-state index contributed by atoms with van der Waals surface area (Å²) in [6.07, 6.45) is 0. The Morgan fingerprint density at radius 1 is 1.22 bits per heavy atom. The minimum absolute atomic E-state index is 0.640. The summed E-state index contributed by atoms with van der Waals surface area (Å²) in [6.45, 7) is 0. The predicted octanol–water partition coefficient (Wildman–Crippen LogP) is 1.83. The molecule has 0 nitrogen and oxygen atoms in total. The molecule has 48 valence electrons. The molecule has 0 bridgehead atoms. The Bertz CT molecular complexity index is 181. The summed E-state index contributed by atoms with van der Waals surface area (Å²) in [5.74, 6) is 2.22. The van der Waals surface area contributed by atoms with E-state index in [0.29, 0.717) is 15.0 Å². The average Bonchev–Trinajstić information content (AvgIpc) is 1.90. The summed E-state index contributed by atoms with van der Waals surface area (Å²) >= 11 is 4.02. The molecule has 0 saturated heterocycles. The van der Waals surface area contributed by atoms with Gasteiger partial charge in [0.05, 0.1) is 0 Å². The topological polar surface area (TPSA) is 0 Å². The van der Waals surface area contributed by atoms with Crippen LogP contribution in [0.3, 0.4) is 0 Å². The van der Waals surface area contributed by atoms with Gasteiger partial charge in [-0.05, 0) is 0 Å². The molecule has 0 atom stereocenters. The third kappa shape index (κ3) is 2.13. The summed E-state index contributed by atoms with van der Waals surface area (Å²) in [5, 5.41) is 0. The fraction of sp³-hybridized carbons (Fsp3) is 0.143. The molecule has 0 N–H and O–H groups in total. The van der Waals surface area contributed by atoms with Gasteiger partial charge in [0, 0.05) is 0 Å². The molecular weight excluding hydrogens is 243 g/mol. The number of hydrogen-bond donors (Lipinski definition) is 0. The zero-order valence-electron chi connectivity index (χ0n) is 5.10. The van der Waals surface area contributed by atoms with Crippen molar-refractivity contribution in [1.82, 2.24) is 0 Å². The van der Waals surface area contributed by atoms with Crippen molar-refractivity contribution in [2.75, 3.05) is 0 Å². The van der Waals surface area contributed by atoms with Gasteiger partial charge in [0.15, 0.2) is 0 Å². The predicted molar refractivity (Wildman–Crippen MR) is 45.4 cm³/mol. The first-order valence-corrected chi connectivity index (χ1v) is 5.99. The molecule has 0 aliphatic carbocycles. The van der Waals surface area contributed by atoms with Crippen LogP contribution in [0, 0.1) is 0 Å². The second-order valence-corrected chi connectivity index (χ2v) is 4.42. The number of hydrogen-bond acceptors (Lipinski definition) is 0. The van der Waals surface area contributed by atoms with Crippen LogP contribution in [0.25, 0.3) is 0 Å². The van der Waals surface area contributed by atoms with E-state index in [9.17, 15) is 0 Å². The summed E-state index contributed by atoms with van der Waals surface area (Å²) in [7, 11) is 0. The zero-order chi connectivity index (χ0) is 6.69. The normalized spacial score (nSPS) is 9.56. The van der Waals surface area contributed by atoms with Crippen LogP contribution < -0.4 is 4.46 Å². The maximum atomic E-state index is 3.38. The fourth-order valence-corrected chi connectivity index (χ4v) is 1.69. The van der Waals surface area contributed by atoms with Gasteiger partial charge in [-0.1, -0.05) is 0 Å². The van der Waals surface area contributed by atoms with Crippen molar-refractivity contribution in [1.29, 1.82) is 0 Å². The second-order valence-electron chi connectivity index (χ2n) is 1.66. The van der Waals surface area contributed by atoms with Gasteiger partial charge in [0.25, 0.3) is 0 Å². The van der Waals surface area contributed by atoms with Gasteiger partial charge in [-0.2, -0.15) is 0 Å². The van der Waals surface area contributed by atoms with Crippen molar-refractivity contribution in [2.45, 2.75) is 5.82 Å². The van der Waals surface area contributed by atoms with Gasteiger partial charge in [-0.25, -0.2) is 0 Å². The number of halogens is 1. The molecule has 1 aromatic carbocycles. The van der Waals surface area contributed by atoms with Crippen LogP contribution in [0.15, 0.2) is 28.7 Å². The number of rotatable bonds is 1. The average molecular weight is 250 g/mol. The van der Waals surface area contributed by atoms with Gasteiger partial charge >= 0.3 is 69.9 Å². The van der Waals surface area contributed by atoms with E-state index >= 15 is 0 Å². The van der Waals surface area contributed by atoms with Gasteiger partial charge in [0.1, 0.15) is 0 Å². The van der Waals surface area contributed by atoms with Crippen LogP contribution >= 0.6 is 15.9 Å². The third-order valence-electron chi connectivity index (χ3n) is 1.05. The third-order valence-corrected chi connectivity index (χ3v) is 3.14. The molecule has 0 aliphatic rings. The van der Waals surface area contributed by atoms with Gasteiger partial charge in [-0.15, -0.1) is 0 Å². The van der Waals surface area contributed by atoms with Crippen LogP contribution in [-0.2, 0) is 0 Å². The maximum absolute atomic E-state index is 3.38. The van der Waals surface area contributed by atoms with E-state index in [4.69, 9.17) is 0 Å². The van der Waals surface area contributed by atoms with Crippen LogP contribution in [0.1, 0.15) is 0 Å². The second kappa shape index (κ2) is 3.40. The molecule has 0 aromatic heterocycles. The SMILES string of the molecule is C[Se]c1ccc(Br)cc1. The molecule has 2 heteroatoms. The Labute approximate surface area is 69.9 Å². The molecule has 0 aliphatic heterocycles. The van der Waals surface area contributed by atoms with Crippen LogP contribution in [0.5, 0.6) is 0 Å². The molecule has 1 rings (SSSR count). The molecule has 0 fully saturated rings. The van der Waals surface area contributed by atoms with Crippen molar-refractivity contribution in [3.8, 4) is 0 Å². The Balaban J connectivity index is 2.88. The van der Waals surface area contributed by atoms with Crippen molar-refractivity contribution in [3.63, 3.8) is 0 Å². The Morgan fingerprint density at radius 3 is 2.22 bits per heavy atom. The summed E-state index contributed by atoms with van der Waals surface area (Å²) < 4.78 is 2.61. The van der Waals surface area contributed by atoms with E-state index in [0.717, 1.165) is 4.47 Å². The van der Waals surface area contributed by atoms with Crippen LogP contribution in [0.4, 0.5) is 0 Å². The van der Waals surface area contributed by atoms with E-state index in [1.807, 2.05) is 0 Å². The van der Waals surface area contributed by atoms with Crippen molar-refractivity contribution < 1.29 is 0 Å². The van der Waals surface area contributed by atoms with E-state index in [1.165, 1.54) is 4.46 Å². The summed E-state index contributed by atoms with van der Waals surface area (Å²) in [6, 6.07) is 8.48. The molecule has 0 spiro atoms. The van der Waals surface area contributed by atoms with Crippen LogP contribution in [-0.4, -0.2) is 15.0 Å². The van der Waals surface area contributed by atoms with Crippen molar-refractivity contribution >= 4 is 35.3 Å². The minimum atomic E-state index is 0.640. The summed E-state index contributed by atoms with van der Waals surface area (Å²) in [4.78, 5) is 0. The molecular formula is C7H7BrSe. The first-order valence-electron chi connectivity index (χ1n) is 2.62. The monoisotopic (exact) mass is 250 g/mol. The van der Waals surface area contributed by atoms with Gasteiger partial charge in [-0.3, -0.25) is 0 Å². The van der Waals surface area contributed by atoms with Crippen molar-refractivity contribution in [2.24, 2.45) is 0 Å². The Morgan fingerprint density at radius 2 is 1.78 bits per heavy atom. The molecule has 0 saturated carbocycles. The quantitative estimate of drug-likeness (QED) is 0.667. The van der Waals surface area contributed by atoms with Crippen LogP contribution in [0.2, 0.25) is 5.82 Å². The fourth-order valence-electron chi connectivity index (χ4n) is 0.571. The Hall–Kier alpha value is 0.219. The van der Waals surface area contributed by atoms with E-state index in [-0.39, 0.29) is 0 Å². The molecule has 0 heterocycles. The number of benzene rings is 1. The van der Waals surface area contributed by atoms with Crippen molar-refractivity contribution in [3.05, 3.63) is 28.7 Å². The first-order chi connectivity index (χ1) is 4.33. The van der Waals surface area contributed by atoms with E-state index in [1.54, 1.807) is 0 Å². The molecule has 0 radical (unpaired) electrons. The molecule has 9 heavy (non-hydrogen) atoms. The molecule has 0 amide bonds. The molecule has 1 aromatic rings.